The molecule has 0 amide bonds. The zero-order valence-corrected chi connectivity index (χ0v) is 5.41. The number of hydrogen-bond acceptors (Lipinski definition) is 1. The first-order chi connectivity index (χ1) is 4.52. The molecular formula is C5H8F4O. The fourth-order valence-corrected chi connectivity index (χ4v) is 0.302. The summed E-state index contributed by atoms with van der Waals surface area (Å²) >= 11 is 0. The van der Waals surface area contributed by atoms with E-state index in [0.717, 1.165) is 0 Å². The Morgan fingerprint density at radius 1 is 1.50 bits per heavy atom. The molecule has 0 aromatic heterocycles. The number of hydrogen-bond donors (Lipinski definition) is 0. The van der Waals surface area contributed by atoms with Crippen LogP contribution in [0.5, 0.6) is 0 Å². The molecule has 0 N–H and O–H groups in total. The van der Waals surface area contributed by atoms with Crippen molar-refractivity contribution < 1.29 is 22.3 Å². The summed E-state index contributed by atoms with van der Waals surface area (Å²) in [6.07, 6.45) is -6.28. The molecule has 5 heteroatoms. The second-order valence-corrected chi connectivity index (χ2v) is 1.71. The van der Waals surface area contributed by atoms with Crippen molar-refractivity contribution in [2.24, 2.45) is 0 Å². The first-order valence-electron chi connectivity index (χ1n) is 2.77. The van der Waals surface area contributed by atoms with E-state index in [1.54, 1.807) is 0 Å². The summed E-state index contributed by atoms with van der Waals surface area (Å²) in [6, 6.07) is 0. The molecular weight excluding hydrogens is 152 g/mol. The van der Waals surface area contributed by atoms with Crippen molar-refractivity contribution in [3.05, 3.63) is 0 Å². The van der Waals surface area contributed by atoms with Crippen molar-refractivity contribution in [3.63, 3.8) is 0 Å². The average Bonchev–Trinajstić information content (AvgIpc) is 1.87. The van der Waals surface area contributed by atoms with Crippen LogP contribution in [0.25, 0.3) is 0 Å². The van der Waals surface area contributed by atoms with Crippen LogP contribution in [0.1, 0.15) is 13.3 Å². The minimum absolute atomic E-state index is 0.213. The minimum Gasteiger partial charge on any atom is -0.284 e. The lowest BCUT2D eigenvalue weighted by molar-refractivity contribution is -0.293. The maximum atomic E-state index is 11.9. The van der Waals surface area contributed by atoms with Gasteiger partial charge in [0.05, 0.1) is 0 Å². The van der Waals surface area contributed by atoms with Crippen molar-refractivity contribution in [2.45, 2.75) is 25.8 Å². The summed E-state index contributed by atoms with van der Waals surface area (Å²) in [5, 5.41) is 0. The Hall–Kier alpha value is -0.320. The summed E-state index contributed by atoms with van der Waals surface area (Å²) in [5.74, 6) is 0. The molecule has 0 saturated carbocycles. The highest BCUT2D eigenvalue weighted by atomic mass is 19.3. The van der Waals surface area contributed by atoms with Crippen molar-refractivity contribution in [1.29, 1.82) is 0 Å². The van der Waals surface area contributed by atoms with Crippen molar-refractivity contribution in [1.82, 2.24) is 0 Å². The van der Waals surface area contributed by atoms with Crippen LogP contribution in [0.3, 0.4) is 0 Å². The highest BCUT2D eigenvalue weighted by Gasteiger charge is 2.33. The first kappa shape index (κ1) is 9.68. The predicted octanol–water partition coefficient (Wildman–Crippen LogP) is 2.27. The standard InChI is InChI=1S/C5H8F4O/c1-2-4(7)10-5(8,9)3-6/h4H,2-3H2,1H3. The van der Waals surface area contributed by atoms with Crippen LogP contribution < -0.4 is 0 Å². The number of ether oxygens (including phenoxy) is 1. The van der Waals surface area contributed by atoms with Gasteiger partial charge in [0.15, 0.2) is 6.67 Å². The Morgan fingerprint density at radius 2 is 2.00 bits per heavy atom. The summed E-state index contributed by atoms with van der Waals surface area (Å²) in [7, 11) is 0. The average molecular weight is 160 g/mol. The van der Waals surface area contributed by atoms with E-state index in [-0.39, 0.29) is 6.42 Å². The molecule has 0 aliphatic rings. The minimum atomic E-state index is -3.98. The van der Waals surface area contributed by atoms with E-state index in [9.17, 15) is 17.6 Å². The third-order valence-electron chi connectivity index (χ3n) is 0.777. The molecule has 1 nitrogen and oxygen atoms in total. The molecule has 1 unspecified atom stereocenters. The molecule has 0 radical (unpaired) electrons. The highest BCUT2D eigenvalue weighted by Crippen LogP contribution is 2.19. The van der Waals surface area contributed by atoms with Crippen molar-refractivity contribution in [3.8, 4) is 0 Å². The lowest BCUT2D eigenvalue weighted by Gasteiger charge is -2.14. The first-order valence-corrected chi connectivity index (χ1v) is 2.77. The Balaban J connectivity index is 3.64. The topological polar surface area (TPSA) is 9.23 Å². The fourth-order valence-electron chi connectivity index (χ4n) is 0.302. The van der Waals surface area contributed by atoms with Gasteiger partial charge in [-0.15, -0.1) is 0 Å². The van der Waals surface area contributed by atoms with Gasteiger partial charge >= 0.3 is 6.11 Å². The van der Waals surface area contributed by atoms with Gasteiger partial charge in [0, 0.05) is 6.42 Å². The lowest BCUT2D eigenvalue weighted by Crippen LogP contribution is -2.27. The molecule has 0 spiro atoms. The summed E-state index contributed by atoms with van der Waals surface area (Å²) in [5.41, 5.74) is 0. The van der Waals surface area contributed by atoms with Gasteiger partial charge in [-0.2, -0.15) is 8.78 Å². The van der Waals surface area contributed by atoms with E-state index in [1.165, 1.54) is 6.92 Å². The van der Waals surface area contributed by atoms with Crippen LogP contribution in [0.15, 0.2) is 0 Å². The molecule has 0 aromatic carbocycles. The fraction of sp³-hybridized carbons (Fsp3) is 1.00. The molecule has 0 fully saturated rings. The van der Waals surface area contributed by atoms with Crippen molar-refractivity contribution in [2.75, 3.05) is 6.67 Å². The van der Waals surface area contributed by atoms with E-state index < -0.39 is 19.1 Å². The Bertz CT molecular complexity index is 95.6. The van der Waals surface area contributed by atoms with E-state index in [0.29, 0.717) is 0 Å². The van der Waals surface area contributed by atoms with Gasteiger partial charge in [0.25, 0.3) is 0 Å². The highest BCUT2D eigenvalue weighted by molar-refractivity contribution is 4.49. The zero-order chi connectivity index (χ0) is 8.20. The second-order valence-electron chi connectivity index (χ2n) is 1.71. The second kappa shape index (κ2) is 3.75. The Morgan fingerprint density at radius 3 is 2.30 bits per heavy atom. The van der Waals surface area contributed by atoms with Crippen LogP contribution in [0, 0.1) is 0 Å². The van der Waals surface area contributed by atoms with E-state index in [1.807, 2.05) is 0 Å². The molecule has 0 saturated heterocycles. The van der Waals surface area contributed by atoms with E-state index >= 15 is 0 Å². The molecule has 0 aliphatic carbocycles. The van der Waals surface area contributed by atoms with Crippen molar-refractivity contribution >= 4 is 0 Å². The van der Waals surface area contributed by atoms with Crippen LogP contribution in [0.2, 0.25) is 0 Å². The number of halogens is 4. The summed E-state index contributed by atoms with van der Waals surface area (Å²) in [4.78, 5) is 0. The zero-order valence-electron chi connectivity index (χ0n) is 5.41. The van der Waals surface area contributed by atoms with Crippen LogP contribution in [-0.4, -0.2) is 19.1 Å². The van der Waals surface area contributed by atoms with Crippen LogP contribution in [0.4, 0.5) is 17.6 Å². The predicted molar refractivity (Wildman–Crippen MR) is 27.2 cm³/mol. The smallest absolute Gasteiger partial charge is 0.284 e. The summed E-state index contributed by atoms with van der Waals surface area (Å²) in [6.45, 7) is -0.674. The van der Waals surface area contributed by atoms with E-state index in [2.05, 4.69) is 4.74 Å². The molecule has 0 aliphatic heterocycles. The Labute approximate surface area is 56.0 Å². The molecule has 62 valence electrons. The van der Waals surface area contributed by atoms with Gasteiger partial charge in [0.2, 0.25) is 6.36 Å². The number of alkyl halides is 4. The van der Waals surface area contributed by atoms with Gasteiger partial charge in [0.1, 0.15) is 0 Å². The molecule has 0 bridgehead atoms. The van der Waals surface area contributed by atoms with E-state index in [4.69, 9.17) is 0 Å². The SMILES string of the molecule is CCC(F)OC(F)(F)CF. The summed E-state index contributed by atoms with van der Waals surface area (Å²) < 4.78 is 50.0. The van der Waals surface area contributed by atoms with Gasteiger partial charge in [-0.05, 0) is 0 Å². The number of rotatable bonds is 4. The largest absolute Gasteiger partial charge is 0.386 e. The van der Waals surface area contributed by atoms with Gasteiger partial charge in [-0.1, -0.05) is 6.92 Å². The van der Waals surface area contributed by atoms with Gasteiger partial charge in [-0.25, -0.2) is 8.78 Å². The maximum absolute atomic E-state index is 11.9. The Kier molecular flexibility index (Phi) is 3.63. The van der Waals surface area contributed by atoms with Gasteiger partial charge in [-0.3, -0.25) is 4.74 Å². The third-order valence-corrected chi connectivity index (χ3v) is 0.777. The molecule has 0 heterocycles. The van der Waals surface area contributed by atoms with Gasteiger partial charge < -0.3 is 0 Å². The lowest BCUT2D eigenvalue weighted by atomic mass is 10.5. The molecule has 0 aromatic rings. The third kappa shape index (κ3) is 3.66. The molecule has 0 rings (SSSR count). The molecule has 10 heavy (non-hydrogen) atoms. The van der Waals surface area contributed by atoms with Crippen LogP contribution >= 0.6 is 0 Å². The molecule has 1 atom stereocenters. The quantitative estimate of drug-likeness (QED) is 0.573. The maximum Gasteiger partial charge on any atom is 0.386 e. The monoisotopic (exact) mass is 160 g/mol. The van der Waals surface area contributed by atoms with Crippen LogP contribution in [-0.2, 0) is 4.74 Å². The normalized spacial score (nSPS) is 15.3.